The van der Waals surface area contributed by atoms with Crippen LogP contribution in [0.5, 0.6) is 0 Å². The van der Waals surface area contributed by atoms with Crippen LogP contribution in [0.3, 0.4) is 0 Å². The second-order valence-electron chi connectivity index (χ2n) is 6.66. The summed E-state index contributed by atoms with van der Waals surface area (Å²) in [5.41, 5.74) is 2.48. The van der Waals surface area contributed by atoms with Crippen LogP contribution in [0.4, 0.5) is 0 Å². The van der Waals surface area contributed by atoms with Crippen molar-refractivity contribution in [1.29, 1.82) is 5.26 Å². The van der Waals surface area contributed by atoms with Crippen molar-refractivity contribution in [2.24, 2.45) is 0 Å². The Hall–Kier alpha value is -3.73. The van der Waals surface area contributed by atoms with Crippen molar-refractivity contribution in [3.8, 4) is 11.9 Å². The van der Waals surface area contributed by atoms with E-state index in [0.29, 0.717) is 34.2 Å². The minimum absolute atomic E-state index is 0.220. The fourth-order valence-corrected chi connectivity index (χ4v) is 3.25. The van der Waals surface area contributed by atoms with Crippen LogP contribution in [-0.2, 0) is 6.54 Å². The first-order valence-electron chi connectivity index (χ1n) is 9.07. The first-order valence-corrected chi connectivity index (χ1v) is 9.44. The molecular formula is C22H16ClN5O2. The topological polar surface area (TPSA) is 96.7 Å². The summed E-state index contributed by atoms with van der Waals surface area (Å²) >= 11 is 5.97. The summed E-state index contributed by atoms with van der Waals surface area (Å²) in [6, 6.07) is 15.4. The average molecular weight is 418 g/mol. The molecule has 0 fully saturated rings. The fourth-order valence-electron chi connectivity index (χ4n) is 3.09. The maximum Gasteiger partial charge on any atom is 0.256 e. The lowest BCUT2D eigenvalue weighted by Gasteiger charge is -2.14. The third-order valence-electron chi connectivity index (χ3n) is 4.66. The summed E-state index contributed by atoms with van der Waals surface area (Å²) in [6.07, 6.45) is 5.56. The quantitative estimate of drug-likeness (QED) is 0.538. The molecule has 0 spiro atoms. The lowest BCUT2D eigenvalue weighted by molar-refractivity contribution is 0.210. The second-order valence-corrected chi connectivity index (χ2v) is 7.10. The van der Waals surface area contributed by atoms with Crippen LogP contribution in [-0.4, -0.2) is 24.2 Å². The number of imidazole rings is 1. The number of halogens is 1. The van der Waals surface area contributed by atoms with Crippen molar-refractivity contribution < 1.29 is 5.11 Å². The standard InChI is InChI=1S/C22H16ClN5O2/c23-18-6-8-21(29)28(13-18)20-7-3-16(10-26-20)12-27-14-25-11-19(27)22(30)17-4-1-15(9-24)2-5-17/h1-8,10-11,13-14,22,30H,12H2/t22-/m1/s1. The van der Waals surface area contributed by atoms with E-state index in [1.807, 2.05) is 10.6 Å². The molecule has 0 bridgehead atoms. The van der Waals surface area contributed by atoms with Gasteiger partial charge in [-0.05, 0) is 35.4 Å². The van der Waals surface area contributed by atoms with Crippen LogP contribution in [0.2, 0.25) is 5.02 Å². The Kier molecular flexibility index (Phi) is 5.44. The zero-order valence-corrected chi connectivity index (χ0v) is 16.4. The number of pyridine rings is 2. The van der Waals surface area contributed by atoms with Crippen molar-refractivity contribution in [2.75, 3.05) is 0 Å². The van der Waals surface area contributed by atoms with Crippen molar-refractivity contribution in [3.63, 3.8) is 0 Å². The Bertz CT molecular complexity index is 1270. The predicted octanol–water partition coefficient (Wildman–Crippen LogP) is 3.08. The Labute approximate surface area is 177 Å². The van der Waals surface area contributed by atoms with Gasteiger partial charge < -0.3 is 9.67 Å². The van der Waals surface area contributed by atoms with Gasteiger partial charge in [0.05, 0.1) is 41.4 Å². The zero-order chi connectivity index (χ0) is 21.1. The smallest absolute Gasteiger partial charge is 0.256 e. The number of hydrogen-bond acceptors (Lipinski definition) is 5. The van der Waals surface area contributed by atoms with Crippen LogP contribution in [0.25, 0.3) is 5.82 Å². The summed E-state index contributed by atoms with van der Waals surface area (Å²) < 4.78 is 3.20. The molecule has 4 aromatic rings. The molecule has 4 rings (SSSR count). The third-order valence-corrected chi connectivity index (χ3v) is 4.89. The molecule has 3 heterocycles. The Morgan fingerprint density at radius 2 is 1.90 bits per heavy atom. The molecule has 0 saturated heterocycles. The minimum atomic E-state index is -0.877. The molecule has 30 heavy (non-hydrogen) atoms. The molecule has 1 aromatic carbocycles. The van der Waals surface area contributed by atoms with Crippen molar-refractivity contribution >= 4 is 11.6 Å². The van der Waals surface area contributed by atoms with Gasteiger partial charge in [0.1, 0.15) is 11.9 Å². The van der Waals surface area contributed by atoms with Gasteiger partial charge in [-0.3, -0.25) is 9.36 Å². The SMILES string of the molecule is N#Cc1ccc([C@@H](O)c2cncn2Cc2ccc(-n3cc(Cl)ccc3=O)nc2)cc1. The Balaban J connectivity index is 1.56. The van der Waals surface area contributed by atoms with E-state index in [1.165, 1.54) is 22.9 Å². The predicted molar refractivity (Wildman–Crippen MR) is 111 cm³/mol. The maximum atomic E-state index is 12.0. The summed E-state index contributed by atoms with van der Waals surface area (Å²) in [5, 5.41) is 20.1. The van der Waals surface area contributed by atoms with Crippen LogP contribution in [0, 0.1) is 11.3 Å². The number of aromatic nitrogens is 4. The van der Waals surface area contributed by atoms with Gasteiger partial charge in [0.25, 0.3) is 5.56 Å². The van der Waals surface area contributed by atoms with Gasteiger partial charge in [-0.25, -0.2) is 9.97 Å². The molecule has 1 atom stereocenters. The molecule has 0 aliphatic carbocycles. The van der Waals surface area contributed by atoms with E-state index in [4.69, 9.17) is 16.9 Å². The number of aliphatic hydroxyl groups excluding tert-OH is 1. The maximum absolute atomic E-state index is 12.0. The number of nitriles is 1. The second kappa shape index (κ2) is 8.33. The van der Waals surface area contributed by atoms with Gasteiger partial charge in [0, 0.05) is 18.5 Å². The van der Waals surface area contributed by atoms with Crippen LogP contribution in [0.1, 0.15) is 28.5 Å². The molecule has 0 amide bonds. The Morgan fingerprint density at radius 3 is 2.60 bits per heavy atom. The van der Waals surface area contributed by atoms with Gasteiger partial charge in [-0.1, -0.05) is 29.8 Å². The molecule has 0 unspecified atom stereocenters. The summed E-state index contributed by atoms with van der Waals surface area (Å²) in [7, 11) is 0. The van der Waals surface area contributed by atoms with E-state index in [9.17, 15) is 9.90 Å². The lowest BCUT2D eigenvalue weighted by atomic mass is 10.1. The van der Waals surface area contributed by atoms with Crippen LogP contribution >= 0.6 is 11.6 Å². The monoisotopic (exact) mass is 417 g/mol. The number of benzene rings is 1. The Morgan fingerprint density at radius 1 is 1.10 bits per heavy atom. The highest BCUT2D eigenvalue weighted by molar-refractivity contribution is 6.30. The van der Waals surface area contributed by atoms with Crippen LogP contribution < -0.4 is 5.56 Å². The first kappa shape index (κ1) is 19.6. The molecule has 0 radical (unpaired) electrons. The number of aliphatic hydroxyl groups is 1. The molecule has 7 nitrogen and oxygen atoms in total. The van der Waals surface area contributed by atoms with E-state index >= 15 is 0 Å². The van der Waals surface area contributed by atoms with Gasteiger partial charge in [0.2, 0.25) is 0 Å². The largest absolute Gasteiger partial charge is 0.382 e. The van der Waals surface area contributed by atoms with Gasteiger partial charge in [-0.15, -0.1) is 0 Å². The van der Waals surface area contributed by atoms with Crippen molar-refractivity contribution in [1.82, 2.24) is 19.1 Å². The average Bonchev–Trinajstić information content (AvgIpc) is 3.23. The van der Waals surface area contributed by atoms with Gasteiger partial charge in [0.15, 0.2) is 0 Å². The highest BCUT2D eigenvalue weighted by Crippen LogP contribution is 2.23. The molecule has 0 aliphatic rings. The molecule has 0 saturated carbocycles. The summed E-state index contributed by atoms with van der Waals surface area (Å²) in [6.45, 7) is 0.445. The van der Waals surface area contributed by atoms with Gasteiger partial charge in [-0.2, -0.15) is 5.26 Å². The van der Waals surface area contributed by atoms with E-state index in [0.717, 1.165) is 5.56 Å². The minimum Gasteiger partial charge on any atom is -0.382 e. The van der Waals surface area contributed by atoms with Gasteiger partial charge >= 0.3 is 0 Å². The van der Waals surface area contributed by atoms with E-state index < -0.39 is 6.10 Å². The highest BCUT2D eigenvalue weighted by Gasteiger charge is 2.16. The van der Waals surface area contributed by atoms with E-state index in [-0.39, 0.29) is 5.56 Å². The fraction of sp³-hybridized carbons (Fsp3) is 0.0909. The summed E-state index contributed by atoms with van der Waals surface area (Å²) in [5.74, 6) is 0.467. The third kappa shape index (κ3) is 4.01. The van der Waals surface area contributed by atoms with E-state index in [2.05, 4.69) is 16.0 Å². The van der Waals surface area contributed by atoms with Crippen molar-refractivity contribution in [3.05, 3.63) is 111 Å². The lowest BCUT2D eigenvalue weighted by Crippen LogP contribution is -2.17. The van der Waals surface area contributed by atoms with E-state index in [1.54, 1.807) is 49.1 Å². The van der Waals surface area contributed by atoms with Crippen LogP contribution in [0.15, 0.2) is 78.2 Å². The zero-order valence-electron chi connectivity index (χ0n) is 15.7. The molecular weight excluding hydrogens is 402 g/mol. The molecule has 0 aliphatic heterocycles. The summed E-state index contributed by atoms with van der Waals surface area (Å²) in [4.78, 5) is 20.5. The number of hydrogen-bond donors (Lipinski definition) is 1. The highest BCUT2D eigenvalue weighted by atomic mass is 35.5. The number of rotatable bonds is 5. The molecule has 1 N–H and O–H groups in total. The molecule has 8 heteroatoms. The van der Waals surface area contributed by atoms with Crippen molar-refractivity contribution in [2.45, 2.75) is 12.6 Å². The number of nitrogens with zero attached hydrogens (tertiary/aromatic N) is 5. The molecule has 3 aromatic heterocycles. The molecule has 148 valence electrons. The normalized spacial score (nSPS) is 11.8. The first-order chi connectivity index (χ1) is 14.5.